The van der Waals surface area contributed by atoms with Crippen molar-refractivity contribution in [3.8, 4) is 0 Å². The third-order valence-corrected chi connectivity index (χ3v) is 2.57. The van der Waals surface area contributed by atoms with Gasteiger partial charge in [-0.25, -0.2) is 0 Å². The molecule has 0 fully saturated rings. The Hall–Kier alpha value is -0.790. The molecular weight excluding hydrogens is 196 g/mol. The summed E-state index contributed by atoms with van der Waals surface area (Å²) in [5, 5.41) is 4.44. The van der Waals surface area contributed by atoms with Gasteiger partial charge in [0, 0.05) is 6.54 Å². The van der Waals surface area contributed by atoms with Gasteiger partial charge < -0.3 is 5.43 Å². The van der Waals surface area contributed by atoms with Crippen molar-refractivity contribution in [3.05, 3.63) is 11.6 Å². The van der Waals surface area contributed by atoms with Gasteiger partial charge in [-0.05, 0) is 31.3 Å². The van der Waals surface area contributed by atoms with Crippen LogP contribution in [0.2, 0.25) is 0 Å². The standard InChI is InChI=1S/C14H28N2/c1-7-9-13(11(3)4)10-14(12(5)6)16-15-8-2/h10-12,15H,7-9H2,1-6H3/b13-10+,16-14+. The Labute approximate surface area is 101 Å². The molecule has 0 heterocycles. The summed E-state index contributed by atoms with van der Waals surface area (Å²) < 4.78 is 0. The minimum Gasteiger partial charge on any atom is -0.310 e. The van der Waals surface area contributed by atoms with E-state index in [4.69, 9.17) is 0 Å². The van der Waals surface area contributed by atoms with Gasteiger partial charge in [0.15, 0.2) is 0 Å². The fourth-order valence-electron chi connectivity index (χ4n) is 1.50. The molecular formula is C14H28N2. The normalized spacial score (nSPS) is 13.8. The molecule has 0 aliphatic rings. The number of nitrogens with zero attached hydrogens (tertiary/aromatic N) is 1. The van der Waals surface area contributed by atoms with Crippen LogP contribution in [-0.2, 0) is 0 Å². The number of hydrogen-bond acceptors (Lipinski definition) is 2. The summed E-state index contributed by atoms with van der Waals surface area (Å²) in [5.41, 5.74) is 5.73. The molecule has 0 aromatic heterocycles. The first-order chi connectivity index (χ1) is 7.52. The van der Waals surface area contributed by atoms with Crippen molar-refractivity contribution in [1.82, 2.24) is 5.43 Å². The van der Waals surface area contributed by atoms with Crippen molar-refractivity contribution in [2.24, 2.45) is 16.9 Å². The van der Waals surface area contributed by atoms with Gasteiger partial charge in [0.2, 0.25) is 0 Å². The zero-order valence-electron chi connectivity index (χ0n) is 11.8. The summed E-state index contributed by atoms with van der Waals surface area (Å²) in [7, 11) is 0. The van der Waals surface area contributed by atoms with Gasteiger partial charge in [0.25, 0.3) is 0 Å². The molecule has 1 N–H and O–H groups in total. The van der Waals surface area contributed by atoms with Crippen LogP contribution in [0.5, 0.6) is 0 Å². The summed E-state index contributed by atoms with van der Waals surface area (Å²) in [6, 6.07) is 0. The molecule has 0 amide bonds. The molecule has 0 aromatic carbocycles. The summed E-state index contributed by atoms with van der Waals surface area (Å²) in [5.74, 6) is 1.09. The van der Waals surface area contributed by atoms with E-state index in [-0.39, 0.29) is 0 Å². The van der Waals surface area contributed by atoms with Crippen molar-refractivity contribution < 1.29 is 0 Å². The Morgan fingerprint density at radius 2 is 1.75 bits per heavy atom. The van der Waals surface area contributed by atoms with Crippen LogP contribution in [0.1, 0.15) is 54.4 Å². The Balaban J connectivity index is 4.83. The van der Waals surface area contributed by atoms with E-state index in [1.54, 1.807) is 0 Å². The topological polar surface area (TPSA) is 24.4 Å². The van der Waals surface area contributed by atoms with Crippen LogP contribution in [0.15, 0.2) is 16.8 Å². The molecule has 94 valence electrons. The van der Waals surface area contributed by atoms with E-state index in [0.29, 0.717) is 11.8 Å². The Bertz CT molecular complexity index is 237. The van der Waals surface area contributed by atoms with Crippen molar-refractivity contribution in [1.29, 1.82) is 0 Å². The van der Waals surface area contributed by atoms with E-state index < -0.39 is 0 Å². The van der Waals surface area contributed by atoms with Gasteiger partial charge in [-0.3, -0.25) is 0 Å². The van der Waals surface area contributed by atoms with Crippen LogP contribution in [0.25, 0.3) is 0 Å². The summed E-state index contributed by atoms with van der Waals surface area (Å²) in [6.45, 7) is 14.1. The van der Waals surface area contributed by atoms with Crippen molar-refractivity contribution >= 4 is 5.71 Å². The predicted molar refractivity (Wildman–Crippen MR) is 73.8 cm³/mol. The maximum absolute atomic E-state index is 4.44. The molecule has 0 aliphatic carbocycles. The number of rotatable bonds is 7. The third kappa shape index (κ3) is 5.94. The first-order valence-corrected chi connectivity index (χ1v) is 6.53. The first-order valence-electron chi connectivity index (χ1n) is 6.53. The highest BCUT2D eigenvalue weighted by Crippen LogP contribution is 2.17. The second kappa shape index (κ2) is 8.37. The molecule has 16 heavy (non-hydrogen) atoms. The largest absolute Gasteiger partial charge is 0.310 e. The molecule has 0 saturated heterocycles. The molecule has 0 aromatic rings. The Kier molecular flexibility index (Phi) is 7.96. The highest BCUT2D eigenvalue weighted by Gasteiger charge is 2.07. The maximum atomic E-state index is 4.44. The Morgan fingerprint density at radius 3 is 2.12 bits per heavy atom. The molecule has 0 radical (unpaired) electrons. The molecule has 0 rings (SSSR count). The molecule has 0 saturated carbocycles. The van der Waals surface area contributed by atoms with Crippen molar-refractivity contribution in [3.63, 3.8) is 0 Å². The van der Waals surface area contributed by atoms with E-state index in [1.165, 1.54) is 24.1 Å². The highest BCUT2D eigenvalue weighted by atomic mass is 15.3. The minimum atomic E-state index is 0.477. The zero-order valence-corrected chi connectivity index (χ0v) is 11.8. The van der Waals surface area contributed by atoms with E-state index in [0.717, 1.165) is 6.54 Å². The quantitative estimate of drug-likeness (QED) is 0.513. The molecule has 0 unspecified atom stereocenters. The maximum Gasteiger partial charge on any atom is 0.0628 e. The second-order valence-electron chi connectivity index (χ2n) is 4.83. The fourth-order valence-corrected chi connectivity index (χ4v) is 1.50. The summed E-state index contributed by atoms with van der Waals surface area (Å²) in [4.78, 5) is 0. The molecule has 0 atom stereocenters. The fraction of sp³-hybridized carbons (Fsp3) is 0.786. The molecule has 2 nitrogen and oxygen atoms in total. The van der Waals surface area contributed by atoms with Gasteiger partial charge in [-0.2, -0.15) is 5.10 Å². The van der Waals surface area contributed by atoms with Gasteiger partial charge in [0.1, 0.15) is 0 Å². The first kappa shape index (κ1) is 15.2. The van der Waals surface area contributed by atoms with Gasteiger partial charge >= 0.3 is 0 Å². The SMILES string of the molecule is CCC/C(=C\C(=N/NCC)C(C)C)C(C)C. The number of nitrogens with one attached hydrogen (secondary N) is 1. The number of hydrogen-bond donors (Lipinski definition) is 1. The Morgan fingerprint density at radius 1 is 1.12 bits per heavy atom. The molecule has 0 spiro atoms. The average Bonchev–Trinajstić information content (AvgIpc) is 2.21. The second-order valence-corrected chi connectivity index (χ2v) is 4.83. The number of allylic oxidation sites excluding steroid dienone is 2. The highest BCUT2D eigenvalue weighted by molar-refractivity contribution is 5.96. The average molecular weight is 224 g/mol. The van der Waals surface area contributed by atoms with E-state index in [1.807, 2.05) is 0 Å². The van der Waals surface area contributed by atoms with Crippen LogP contribution < -0.4 is 5.43 Å². The summed E-state index contributed by atoms with van der Waals surface area (Å²) in [6.07, 6.45) is 4.66. The van der Waals surface area contributed by atoms with Gasteiger partial charge in [-0.15, -0.1) is 0 Å². The van der Waals surface area contributed by atoms with E-state index in [2.05, 4.69) is 58.1 Å². The molecule has 0 bridgehead atoms. The van der Waals surface area contributed by atoms with Crippen LogP contribution in [0.3, 0.4) is 0 Å². The van der Waals surface area contributed by atoms with Crippen molar-refractivity contribution in [2.45, 2.75) is 54.4 Å². The monoisotopic (exact) mass is 224 g/mol. The lowest BCUT2D eigenvalue weighted by Crippen LogP contribution is -2.14. The summed E-state index contributed by atoms with van der Waals surface area (Å²) >= 11 is 0. The van der Waals surface area contributed by atoms with Crippen molar-refractivity contribution in [2.75, 3.05) is 6.54 Å². The molecule has 0 aliphatic heterocycles. The van der Waals surface area contributed by atoms with Crippen LogP contribution in [0.4, 0.5) is 0 Å². The lowest BCUT2D eigenvalue weighted by molar-refractivity contribution is 0.699. The number of hydrazone groups is 1. The molecule has 2 heteroatoms. The van der Waals surface area contributed by atoms with E-state index in [9.17, 15) is 0 Å². The predicted octanol–water partition coefficient (Wildman–Crippen LogP) is 3.99. The third-order valence-electron chi connectivity index (χ3n) is 2.57. The zero-order chi connectivity index (χ0) is 12.6. The van der Waals surface area contributed by atoms with Crippen LogP contribution in [0, 0.1) is 11.8 Å². The van der Waals surface area contributed by atoms with Crippen LogP contribution >= 0.6 is 0 Å². The smallest absolute Gasteiger partial charge is 0.0628 e. The van der Waals surface area contributed by atoms with Gasteiger partial charge in [0.05, 0.1) is 5.71 Å². The van der Waals surface area contributed by atoms with Crippen LogP contribution in [-0.4, -0.2) is 12.3 Å². The minimum absolute atomic E-state index is 0.477. The van der Waals surface area contributed by atoms with Gasteiger partial charge in [-0.1, -0.05) is 46.6 Å². The van der Waals surface area contributed by atoms with E-state index >= 15 is 0 Å². The lowest BCUT2D eigenvalue weighted by Gasteiger charge is -2.13. The lowest BCUT2D eigenvalue weighted by atomic mass is 9.95.